The maximum Gasteiger partial charge on any atom is 0.255 e. The summed E-state index contributed by atoms with van der Waals surface area (Å²) in [4.78, 5) is 15.8. The molecule has 1 aromatic heterocycles. The normalized spacial score (nSPS) is 10.8. The molecule has 0 radical (unpaired) electrons. The van der Waals surface area contributed by atoms with Crippen molar-refractivity contribution in [1.82, 2.24) is 4.98 Å². The first kappa shape index (κ1) is 19.7. The zero-order valence-corrected chi connectivity index (χ0v) is 14.7. The van der Waals surface area contributed by atoms with Crippen LogP contribution in [-0.2, 0) is 0 Å². The third-order valence-corrected chi connectivity index (χ3v) is 2.69. The van der Waals surface area contributed by atoms with E-state index in [2.05, 4.69) is 10.3 Å². The van der Waals surface area contributed by atoms with Gasteiger partial charge in [-0.05, 0) is 31.2 Å². The van der Waals surface area contributed by atoms with E-state index < -0.39 is 11.9 Å². The van der Waals surface area contributed by atoms with Gasteiger partial charge in [-0.2, -0.15) is 0 Å². The van der Waals surface area contributed by atoms with E-state index >= 15 is 0 Å². The number of aromatic nitrogens is 1. The Kier molecular flexibility index (Phi) is 8.31. The SMILES string of the molecule is Br.Br.CC(N)c1ccc(C(=O)Nc2ccncc2)cc1F. The number of carbonyl (C=O) groups is 1. The van der Waals surface area contributed by atoms with E-state index in [4.69, 9.17) is 5.73 Å². The smallest absolute Gasteiger partial charge is 0.255 e. The summed E-state index contributed by atoms with van der Waals surface area (Å²) in [5, 5.41) is 2.66. The highest BCUT2D eigenvalue weighted by Gasteiger charge is 2.12. The summed E-state index contributed by atoms with van der Waals surface area (Å²) in [6.45, 7) is 1.69. The van der Waals surface area contributed by atoms with Gasteiger partial charge in [0.05, 0.1) is 0 Å². The van der Waals surface area contributed by atoms with Gasteiger partial charge in [-0.15, -0.1) is 34.0 Å². The summed E-state index contributed by atoms with van der Waals surface area (Å²) >= 11 is 0. The lowest BCUT2D eigenvalue weighted by atomic mass is 10.1. The van der Waals surface area contributed by atoms with Crippen molar-refractivity contribution in [3.63, 3.8) is 0 Å². The predicted molar refractivity (Wildman–Crippen MR) is 91.8 cm³/mol. The standard InChI is InChI=1S/C14H14FN3O.2BrH/c1-9(16)12-3-2-10(8-13(12)15)14(19)18-11-4-6-17-7-5-11;;/h2-9H,16H2,1H3,(H,17,18,19);2*1H. The second-order valence-corrected chi connectivity index (χ2v) is 4.21. The summed E-state index contributed by atoms with van der Waals surface area (Å²) in [5.41, 5.74) is 6.86. The molecule has 1 atom stereocenters. The van der Waals surface area contributed by atoms with E-state index in [9.17, 15) is 9.18 Å². The maximum absolute atomic E-state index is 13.7. The van der Waals surface area contributed by atoms with Crippen LogP contribution in [0.4, 0.5) is 10.1 Å². The molecule has 2 aromatic rings. The summed E-state index contributed by atoms with van der Waals surface area (Å²) in [7, 11) is 0. The molecule has 3 N–H and O–H groups in total. The van der Waals surface area contributed by atoms with Gasteiger partial charge < -0.3 is 11.1 Å². The quantitative estimate of drug-likeness (QED) is 0.796. The van der Waals surface area contributed by atoms with Crippen molar-refractivity contribution in [2.24, 2.45) is 5.73 Å². The summed E-state index contributed by atoms with van der Waals surface area (Å²) in [6, 6.07) is 7.18. The number of nitrogens with one attached hydrogen (secondary N) is 1. The van der Waals surface area contributed by atoms with Crippen molar-refractivity contribution >= 4 is 45.6 Å². The van der Waals surface area contributed by atoms with Crippen LogP contribution in [-0.4, -0.2) is 10.9 Å². The molecule has 1 amide bonds. The van der Waals surface area contributed by atoms with E-state index in [1.807, 2.05) is 0 Å². The molecule has 1 unspecified atom stereocenters. The summed E-state index contributed by atoms with van der Waals surface area (Å²) < 4.78 is 13.7. The van der Waals surface area contributed by atoms with Crippen molar-refractivity contribution < 1.29 is 9.18 Å². The van der Waals surface area contributed by atoms with Crippen LogP contribution in [0.15, 0.2) is 42.7 Å². The summed E-state index contributed by atoms with van der Waals surface area (Å²) in [6.07, 6.45) is 3.13. The van der Waals surface area contributed by atoms with E-state index in [0.717, 1.165) is 0 Å². The number of anilines is 1. The Labute approximate surface area is 143 Å². The highest BCUT2D eigenvalue weighted by Crippen LogP contribution is 2.17. The zero-order chi connectivity index (χ0) is 13.8. The number of pyridine rings is 1. The van der Waals surface area contributed by atoms with Gasteiger partial charge in [0.15, 0.2) is 0 Å². The van der Waals surface area contributed by atoms with Crippen LogP contribution in [0.2, 0.25) is 0 Å². The van der Waals surface area contributed by atoms with Crippen LogP contribution in [0.3, 0.4) is 0 Å². The lowest BCUT2D eigenvalue weighted by molar-refractivity contribution is 0.102. The molecule has 4 nitrogen and oxygen atoms in total. The minimum atomic E-state index is -0.475. The van der Waals surface area contributed by atoms with Crippen LogP contribution in [0.1, 0.15) is 28.9 Å². The number of nitrogens with zero attached hydrogens (tertiary/aromatic N) is 1. The minimum Gasteiger partial charge on any atom is -0.324 e. The highest BCUT2D eigenvalue weighted by molar-refractivity contribution is 8.93. The fourth-order valence-electron chi connectivity index (χ4n) is 1.68. The Hall–Kier alpha value is -1.31. The maximum atomic E-state index is 13.7. The molecule has 0 aliphatic carbocycles. The Morgan fingerprint density at radius 1 is 1.24 bits per heavy atom. The summed E-state index contributed by atoms with van der Waals surface area (Å²) in [5.74, 6) is -0.848. The second-order valence-electron chi connectivity index (χ2n) is 4.21. The average Bonchev–Trinajstić information content (AvgIpc) is 2.39. The largest absolute Gasteiger partial charge is 0.324 e. The van der Waals surface area contributed by atoms with E-state index in [1.165, 1.54) is 12.1 Å². The molecule has 0 aliphatic rings. The first-order valence-corrected chi connectivity index (χ1v) is 5.84. The topological polar surface area (TPSA) is 68.0 Å². The molecule has 0 fully saturated rings. The average molecular weight is 421 g/mol. The number of amides is 1. The van der Waals surface area contributed by atoms with Crippen LogP contribution in [0, 0.1) is 5.82 Å². The molecule has 2 rings (SSSR count). The Bertz CT molecular complexity index is 594. The van der Waals surface area contributed by atoms with E-state index in [1.54, 1.807) is 37.5 Å². The van der Waals surface area contributed by atoms with Crippen LogP contribution in [0.25, 0.3) is 0 Å². The van der Waals surface area contributed by atoms with Crippen molar-refractivity contribution in [2.45, 2.75) is 13.0 Å². The van der Waals surface area contributed by atoms with E-state index in [0.29, 0.717) is 11.3 Å². The fraction of sp³-hybridized carbons (Fsp3) is 0.143. The van der Waals surface area contributed by atoms with Gasteiger partial charge in [-0.25, -0.2) is 4.39 Å². The third-order valence-electron chi connectivity index (χ3n) is 2.69. The van der Waals surface area contributed by atoms with Gasteiger partial charge in [0.1, 0.15) is 5.82 Å². The van der Waals surface area contributed by atoms with Gasteiger partial charge in [0, 0.05) is 35.2 Å². The Balaban J connectivity index is 0.00000200. The first-order valence-electron chi connectivity index (χ1n) is 5.84. The predicted octanol–water partition coefficient (Wildman–Crippen LogP) is 3.65. The van der Waals surface area contributed by atoms with Crippen LogP contribution < -0.4 is 11.1 Å². The molecule has 114 valence electrons. The minimum absolute atomic E-state index is 0. The van der Waals surface area contributed by atoms with Gasteiger partial charge >= 0.3 is 0 Å². The Morgan fingerprint density at radius 3 is 2.38 bits per heavy atom. The lowest BCUT2D eigenvalue weighted by Gasteiger charge is -2.09. The molecule has 0 aliphatic heterocycles. The molecule has 0 bridgehead atoms. The number of hydrogen-bond donors (Lipinski definition) is 2. The van der Waals surface area contributed by atoms with E-state index in [-0.39, 0.29) is 45.4 Å². The number of carbonyl (C=O) groups excluding carboxylic acids is 1. The first-order chi connectivity index (χ1) is 9.08. The monoisotopic (exact) mass is 419 g/mol. The van der Waals surface area contributed by atoms with Gasteiger partial charge in [-0.3, -0.25) is 9.78 Å². The number of benzene rings is 1. The molecule has 0 spiro atoms. The molecule has 1 aromatic carbocycles. The second kappa shape index (κ2) is 8.86. The lowest BCUT2D eigenvalue weighted by Crippen LogP contribution is -2.14. The Morgan fingerprint density at radius 2 is 1.86 bits per heavy atom. The molecule has 21 heavy (non-hydrogen) atoms. The van der Waals surface area contributed by atoms with Gasteiger partial charge in [0.25, 0.3) is 5.91 Å². The van der Waals surface area contributed by atoms with Gasteiger partial charge in [-0.1, -0.05) is 6.07 Å². The fourth-order valence-corrected chi connectivity index (χ4v) is 1.68. The molecule has 1 heterocycles. The van der Waals surface area contributed by atoms with Crippen molar-refractivity contribution in [2.75, 3.05) is 5.32 Å². The number of nitrogens with two attached hydrogens (primary N) is 1. The molecule has 0 saturated heterocycles. The number of rotatable bonds is 3. The molecular weight excluding hydrogens is 405 g/mol. The van der Waals surface area contributed by atoms with Gasteiger partial charge in [0.2, 0.25) is 0 Å². The van der Waals surface area contributed by atoms with Crippen molar-refractivity contribution in [3.05, 3.63) is 59.7 Å². The van der Waals surface area contributed by atoms with Crippen molar-refractivity contribution in [3.8, 4) is 0 Å². The molecular formula is C14H16Br2FN3O. The van der Waals surface area contributed by atoms with Crippen LogP contribution >= 0.6 is 34.0 Å². The number of hydrogen-bond acceptors (Lipinski definition) is 3. The number of halogens is 3. The highest BCUT2D eigenvalue weighted by atomic mass is 79.9. The molecule has 0 saturated carbocycles. The third kappa shape index (κ3) is 5.18. The van der Waals surface area contributed by atoms with Crippen molar-refractivity contribution in [1.29, 1.82) is 0 Å². The van der Waals surface area contributed by atoms with Crippen LogP contribution in [0.5, 0.6) is 0 Å². The zero-order valence-electron chi connectivity index (χ0n) is 11.2. The molecule has 7 heteroatoms.